The Balaban J connectivity index is 2.03. The lowest BCUT2D eigenvalue weighted by Gasteiger charge is -2.24. The molecule has 0 saturated carbocycles. The van der Waals surface area contributed by atoms with Crippen LogP contribution in [-0.2, 0) is 0 Å². The molecule has 2 aromatic carbocycles. The van der Waals surface area contributed by atoms with E-state index in [0.29, 0.717) is 27.0 Å². The number of phenolic OH excluding ortho intramolecular Hbond substituents is 2. The van der Waals surface area contributed by atoms with E-state index in [1.54, 1.807) is 18.2 Å². The van der Waals surface area contributed by atoms with Crippen LogP contribution in [0.1, 0.15) is 17.9 Å². The number of aromatic hydroxyl groups is 2. The number of hydrogen-bond donors (Lipinski definition) is 3. The van der Waals surface area contributed by atoms with E-state index in [1.165, 1.54) is 6.07 Å². The molecule has 0 amide bonds. The van der Waals surface area contributed by atoms with Gasteiger partial charge in [0.05, 0.1) is 6.61 Å². The minimum atomic E-state index is -0.432. The molecule has 2 heterocycles. The van der Waals surface area contributed by atoms with Crippen LogP contribution >= 0.6 is 27.5 Å². The number of halogens is 2. The number of nitrogens with zero attached hydrogens (tertiary/aromatic N) is 1. The van der Waals surface area contributed by atoms with Crippen molar-refractivity contribution < 1.29 is 19.7 Å². The molecule has 0 spiro atoms. The van der Waals surface area contributed by atoms with Gasteiger partial charge < -0.3 is 24.6 Å². The molecule has 6 nitrogen and oxygen atoms in total. The van der Waals surface area contributed by atoms with Gasteiger partial charge in [-0.05, 0) is 38.2 Å². The lowest BCUT2D eigenvalue weighted by atomic mass is 9.89. The molecule has 1 aliphatic heterocycles. The summed E-state index contributed by atoms with van der Waals surface area (Å²) in [6.45, 7) is 0.619. The highest BCUT2D eigenvalue weighted by atomic mass is 79.9. The monoisotopic (exact) mass is 479 g/mol. The van der Waals surface area contributed by atoms with Crippen molar-refractivity contribution in [2.24, 2.45) is 0 Å². The molecule has 8 heteroatoms. The number of benzene rings is 2. The number of likely N-dealkylation sites (tertiary alicyclic amines) is 1. The van der Waals surface area contributed by atoms with Gasteiger partial charge in [0.1, 0.15) is 28.2 Å². The molecule has 2 unspecified atom stereocenters. The summed E-state index contributed by atoms with van der Waals surface area (Å²) in [5.41, 5.74) is 0.681. The van der Waals surface area contributed by atoms with E-state index in [-0.39, 0.29) is 46.8 Å². The smallest absolute Gasteiger partial charge is 0.197 e. The van der Waals surface area contributed by atoms with Gasteiger partial charge in [-0.2, -0.15) is 0 Å². The van der Waals surface area contributed by atoms with Crippen LogP contribution in [0.4, 0.5) is 0 Å². The summed E-state index contributed by atoms with van der Waals surface area (Å²) >= 11 is 9.55. The van der Waals surface area contributed by atoms with E-state index in [9.17, 15) is 20.1 Å². The van der Waals surface area contributed by atoms with Crippen molar-refractivity contribution >= 4 is 38.5 Å². The fourth-order valence-electron chi connectivity index (χ4n) is 4.11. The first-order valence-corrected chi connectivity index (χ1v) is 10.3. The average molecular weight is 481 g/mol. The van der Waals surface area contributed by atoms with Crippen molar-refractivity contribution in [1.82, 2.24) is 4.90 Å². The Hall–Kier alpha value is -2.06. The van der Waals surface area contributed by atoms with Gasteiger partial charge in [0.2, 0.25) is 0 Å². The fraction of sp³-hybridized carbons (Fsp3) is 0.286. The molecule has 1 fully saturated rings. The highest BCUT2D eigenvalue weighted by Crippen LogP contribution is 2.44. The number of rotatable bonds is 3. The van der Waals surface area contributed by atoms with Crippen LogP contribution in [0.2, 0.25) is 5.02 Å². The molecule has 4 rings (SSSR count). The van der Waals surface area contributed by atoms with Crippen LogP contribution in [0.5, 0.6) is 11.5 Å². The average Bonchev–Trinajstić information content (AvgIpc) is 3.03. The van der Waals surface area contributed by atoms with Crippen LogP contribution in [0.25, 0.3) is 22.3 Å². The first kappa shape index (κ1) is 20.2. The minimum Gasteiger partial charge on any atom is -0.507 e. The Bertz CT molecular complexity index is 1160. The molecule has 0 aliphatic carbocycles. The Labute approximate surface area is 180 Å². The molecule has 2 atom stereocenters. The zero-order valence-electron chi connectivity index (χ0n) is 15.5. The summed E-state index contributed by atoms with van der Waals surface area (Å²) in [6, 6.07) is 7.34. The first-order chi connectivity index (χ1) is 13.8. The van der Waals surface area contributed by atoms with Gasteiger partial charge in [-0.25, -0.2) is 0 Å². The van der Waals surface area contributed by atoms with Gasteiger partial charge in [0, 0.05) is 44.7 Å². The second-order valence-electron chi connectivity index (χ2n) is 7.26. The van der Waals surface area contributed by atoms with Gasteiger partial charge >= 0.3 is 0 Å². The summed E-state index contributed by atoms with van der Waals surface area (Å²) < 4.78 is 6.77. The predicted octanol–water partition coefficient (Wildman–Crippen LogP) is 4.07. The van der Waals surface area contributed by atoms with Gasteiger partial charge in [-0.15, -0.1) is 0 Å². The number of aliphatic hydroxyl groups is 1. The molecule has 1 saturated heterocycles. The number of phenols is 2. The molecule has 152 valence electrons. The lowest BCUT2D eigenvalue weighted by Crippen LogP contribution is -2.32. The molecule has 3 N–H and O–H groups in total. The maximum Gasteiger partial charge on any atom is 0.197 e. The third kappa shape index (κ3) is 3.42. The first-order valence-electron chi connectivity index (χ1n) is 9.11. The summed E-state index contributed by atoms with van der Waals surface area (Å²) in [6.07, 6.45) is 0.671. The molecular formula is C21H19BrClNO5. The maximum absolute atomic E-state index is 12.9. The molecule has 0 radical (unpaired) electrons. The summed E-state index contributed by atoms with van der Waals surface area (Å²) in [5, 5.41) is 31.3. The van der Waals surface area contributed by atoms with Crippen molar-refractivity contribution in [2.75, 3.05) is 20.2 Å². The SMILES string of the molecule is CN1CCC(c2c(O)cc(O)c3c(=O)cc(-c4cc(Cl)ccc4Br)oc23)C1CO. The van der Waals surface area contributed by atoms with Crippen LogP contribution in [-0.4, -0.2) is 46.5 Å². The fourth-order valence-corrected chi connectivity index (χ4v) is 4.72. The molecule has 29 heavy (non-hydrogen) atoms. The number of likely N-dealkylation sites (N-methyl/N-ethyl adjacent to an activating group) is 1. The van der Waals surface area contributed by atoms with Crippen LogP contribution in [0, 0.1) is 0 Å². The number of hydrogen-bond acceptors (Lipinski definition) is 6. The van der Waals surface area contributed by atoms with E-state index >= 15 is 0 Å². The normalized spacial score (nSPS) is 19.9. The predicted molar refractivity (Wildman–Crippen MR) is 115 cm³/mol. The molecular weight excluding hydrogens is 462 g/mol. The van der Waals surface area contributed by atoms with Crippen molar-refractivity contribution in [3.63, 3.8) is 0 Å². The van der Waals surface area contributed by atoms with Gasteiger partial charge in [-0.1, -0.05) is 27.5 Å². The molecule has 3 aromatic rings. The van der Waals surface area contributed by atoms with Crippen molar-refractivity contribution in [2.45, 2.75) is 18.4 Å². The summed E-state index contributed by atoms with van der Waals surface area (Å²) in [7, 11) is 1.89. The molecule has 1 aliphatic rings. The number of fused-ring (bicyclic) bond motifs is 1. The third-order valence-corrected chi connectivity index (χ3v) is 6.50. The summed E-state index contributed by atoms with van der Waals surface area (Å²) in [4.78, 5) is 14.9. The van der Waals surface area contributed by atoms with Gasteiger partial charge in [0.15, 0.2) is 5.43 Å². The van der Waals surface area contributed by atoms with E-state index in [0.717, 1.165) is 12.6 Å². The summed E-state index contributed by atoms with van der Waals surface area (Å²) in [5.74, 6) is -0.512. The van der Waals surface area contributed by atoms with E-state index in [1.807, 2.05) is 11.9 Å². The zero-order valence-corrected chi connectivity index (χ0v) is 17.9. The zero-order chi connectivity index (χ0) is 20.9. The topological polar surface area (TPSA) is 94.1 Å². The Morgan fingerprint density at radius 1 is 1.24 bits per heavy atom. The van der Waals surface area contributed by atoms with Crippen molar-refractivity contribution in [1.29, 1.82) is 0 Å². The highest BCUT2D eigenvalue weighted by Gasteiger charge is 2.36. The van der Waals surface area contributed by atoms with Crippen LogP contribution < -0.4 is 5.43 Å². The van der Waals surface area contributed by atoms with Crippen LogP contribution in [0.15, 0.2) is 44.0 Å². The van der Waals surface area contributed by atoms with Crippen LogP contribution in [0.3, 0.4) is 0 Å². The number of aliphatic hydroxyl groups excluding tert-OH is 1. The van der Waals surface area contributed by atoms with E-state index in [4.69, 9.17) is 16.0 Å². The molecule has 1 aromatic heterocycles. The van der Waals surface area contributed by atoms with Gasteiger partial charge in [0.25, 0.3) is 0 Å². The van der Waals surface area contributed by atoms with Crippen molar-refractivity contribution in [3.8, 4) is 22.8 Å². The quantitative estimate of drug-likeness (QED) is 0.523. The molecule has 0 bridgehead atoms. The third-order valence-electron chi connectivity index (χ3n) is 5.57. The minimum absolute atomic E-state index is 0.00550. The largest absolute Gasteiger partial charge is 0.507 e. The lowest BCUT2D eigenvalue weighted by molar-refractivity contribution is 0.172. The van der Waals surface area contributed by atoms with Crippen molar-refractivity contribution in [3.05, 3.63) is 55.6 Å². The Morgan fingerprint density at radius 3 is 2.72 bits per heavy atom. The van der Waals surface area contributed by atoms with E-state index < -0.39 is 5.43 Å². The standard InChI is InChI=1S/C21H19BrClNO5/c1-24-5-4-11(14(24)9-25)19-15(26)7-16(27)20-17(28)8-18(29-21(19)20)12-6-10(23)2-3-13(12)22/h2-3,6-8,11,14,25-27H,4-5,9H2,1H3. The van der Waals surface area contributed by atoms with Gasteiger partial charge in [-0.3, -0.25) is 4.79 Å². The Morgan fingerprint density at radius 2 is 2.00 bits per heavy atom. The maximum atomic E-state index is 12.9. The second-order valence-corrected chi connectivity index (χ2v) is 8.55. The van der Waals surface area contributed by atoms with E-state index in [2.05, 4.69) is 15.9 Å². The second kappa shape index (κ2) is 7.65. The highest BCUT2D eigenvalue weighted by molar-refractivity contribution is 9.10. The Kier molecular flexibility index (Phi) is 5.33.